The number of anilines is 1. The van der Waals surface area contributed by atoms with Gasteiger partial charge in [-0.05, 0) is 48.7 Å². The predicted molar refractivity (Wildman–Crippen MR) is 140 cm³/mol. The summed E-state index contributed by atoms with van der Waals surface area (Å²) < 4.78 is 3.44. The van der Waals surface area contributed by atoms with Gasteiger partial charge in [-0.25, -0.2) is 9.78 Å². The number of rotatable bonds is 7. The van der Waals surface area contributed by atoms with Gasteiger partial charge in [-0.15, -0.1) is 0 Å². The Morgan fingerprint density at radius 2 is 1.89 bits per heavy atom. The average Bonchev–Trinajstić information content (AvgIpc) is 3.56. The highest BCUT2D eigenvalue weighted by Crippen LogP contribution is 2.38. The van der Waals surface area contributed by atoms with E-state index in [4.69, 9.17) is 5.73 Å². The maximum atomic E-state index is 13.1. The highest BCUT2D eigenvalue weighted by atomic mass is 16.4. The van der Waals surface area contributed by atoms with Crippen LogP contribution in [0.5, 0.6) is 0 Å². The van der Waals surface area contributed by atoms with E-state index in [2.05, 4.69) is 10.3 Å². The molecule has 0 saturated carbocycles. The molecule has 1 unspecified atom stereocenters. The van der Waals surface area contributed by atoms with Crippen molar-refractivity contribution in [1.29, 1.82) is 0 Å². The molecule has 4 N–H and O–H groups in total. The molecule has 0 radical (unpaired) electrons. The molecule has 9 heteroatoms. The van der Waals surface area contributed by atoms with Gasteiger partial charge in [0.05, 0.1) is 23.9 Å². The zero-order valence-electron chi connectivity index (χ0n) is 20.3. The molecule has 1 aliphatic heterocycles. The van der Waals surface area contributed by atoms with Crippen molar-refractivity contribution in [3.8, 4) is 11.1 Å². The van der Waals surface area contributed by atoms with Crippen molar-refractivity contribution in [2.24, 2.45) is 5.73 Å². The van der Waals surface area contributed by atoms with Crippen LogP contribution in [0, 0.1) is 13.8 Å². The Morgan fingerprint density at radius 3 is 2.54 bits per heavy atom. The van der Waals surface area contributed by atoms with Gasteiger partial charge < -0.3 is 25.3 Å². The van der Waals surface area contributed by atoms with E-state index < -0.39 is 18.0 Å². The Morgan fingerprint density at radius 1 is 1.14 bits per heavy atom. The fourth-order valence-corrected chi connectivity index (χ4v) is 4.99. The first-order valence-corrected chi connectivity index (χ1v) is 11.7. The first kappa shape index (κ1) is 23.8. The molecule has 0 bridgehead atoms. The van der Waals surface area contributed by atoms with Crippen molar-refractivity contribution in [1.82, 2.24) is 14.1 Å². The number of benzene rings is 2. The molecular weight excluding hydrogens is 470 g/mol. The van der Waals surface area contributed by atoms with Crippen molar-refractivity contribution in [2.75, 3.05) is 5.32 Å². The molecule has 37 heavy (non-hydrogen) atoms. The van der Waals surface area contributed by atoms with Crippen molar-refractivity contribution in [2.45, 2.75) is 26.4 Å². The van der Waals surface area contributed by atoms with Gasteiger partial charge in [-0.1, -0.05) is 36.4 Å². The minimum absolute atomic E-state index is 0.0957. The molecule has 5 rings (SSSR count). The van der Waals surface area contributed by atoms with Gasteiger partial charge in [0.25, 0.3) is 5.91 Å². The van der Waals surface area contributed by atoms with Gasteiger partial charge in [0.1, 0.15) is 6.17 Å². The number of carboxylic acids is 1. The first-order chi connectivity index (χ1) is 17.8. The molecule has 3 heterocycles. The molecule has 0 fully saturated rings. The van der Waals surface area contributed by atoms with E-state index in [1.165, 1.54) is 0 Å². The van der Waals surface area contributed by atoms with Crippen LogP contribution in [0.1, 0.15) is 45.5 Å². The van der Waals surface area contributed by atoms with E-state index in [1.54, 1.807) is 47.8 Å². The summed E-state index contributed by atoms with van der Waals surface area (Å²) in [4.78, 5) is 41.5. The van der Waals surface area contributed by atoms with Crippen molar-refractivity contribution >= 4 is 35.1 Å². The number of amides is 2. The van der Waals surface area contributed by atoms with E-state index in [-0.39, 0.29) is 17.9 Å². The van der Waals surface area contributed by atoms with Crippen LogP contribution in [0.3, 0.4) is 0 Å². The lowest BCUT2D eigenvalue weighted by molar-refractivity contribution is -0.119. The predicted octanol–water partition coefficient (Wildman–Crippen LogP) is 4.08. The number of carboxylic acid groups (broad SMARTS) is 1. The van der Waals surface area contributed by atoms with Gasteiger partial charge >= 0.3 is 5.97 Å². The third-order valence-electron chi connectivity index (χ3n) is 6.70. The Labute approximate surface area is 212 Å². The Balaban J connectivity index is 1.73. The summed E-state index contributed by atoms with van der Waals surface area (Å²) in [5.41, 5.74) is 10.8. The number of hydrogen-bond acceptors (Lipinski definition) is 4. The van der Waals surface area contributed by atoms with Gasteiger partial charge in [0, 0.05) is 35.0 Å². The summed E-state index contributed by atoms with van der Waals surface area (Å²) in [7, 11) is 0. The maximum absolute atomic E-state index is 13.1. The second-order valence-electron chi connectivity index (χ2n) is 8.95. The normalized spacial score (nSPS) is 14.4. The summed E-state index contributed by atoms with van der Waals surface area (Å²) in [6.07, 6.45) is 5.73. The third-order valence-corrected chi connectivity index (χ3v) is 6.70. The van der Waals surface area contributed by atoms with Crippen molar-refractivity contribution in [3.05, 3.63) is 95.3 Å². The van der Waals surface area contributed by atoms with E-state index in [1.807, 2.05) is 48.5 Å². The minimum Gasteiger partial charge on any atom is -0.478 e. The lowest BCUT2D eigenvalue weighted by Crippen LogP contribution is -2.26. The number of fused-ring (bicyclic) bond motifs is 1. The molecule has 1 atom stereocenters. The topological polar surface area (TPSA) is 132 Å². The summed E-state index contributed by atoms with van der Waals surface area (Å²) in [5, 5.41) is 12.9. The Kier molecular flexibility index (Phi) is 5.96. The maximum Gasteiger partial charge on any atom is 0.337 e. The monoisotopic (exact) mass is 495 g/mol. The van der Waals surface area contributed by atoms with Gasteiger partial charge in [-0.2, -0.15) is 0 Å². The van der Waals surface area contributed by atoms with Crippen LogP contribution in [-0.2, 0) is 9.59 Å². The van der Waals surface area contributed by atoms with Crippen molar-refractivity contribution in [3.63, 3.8) is 0 Å². The van der Waals surface area contributed by atoms with Crippen LogP contribution in [0.2, 0.25) is 0 Å². The quantitative estimate of drug-likeness (QED) is 0.332. The van der Waals surface area contributed by atoms with E-state index in [9.17, 15) is 19.5 Å². The highest BCUT2D eigenvalue weighted by Gasteiger charge is 2.30. The van der Waals surface area contributed by atoms with Gasteiger partial charge in [-0.3, -0.25) is 9.59 Å². The number of hydrogen-bond donors (Lipinski definition) is 3. The number of nitrogens with zero attached hydrogens (tertiary/aromatic N) is 3. The smallest absolute Gasteiger partial charge is 0.337 e. The van der Waals surface area contributed by atoms with Crippen LogP contribution in [0.4, 0.5) is 5.69 Å². The largest absolute Gasteiger partial charge is 0.478 e. The standard InChI is InChI=1S/C28H25N5O4/c1-16-23(33(17(2)26(16)28(36)37)25(14-24(29)34)32-11-10-30-15-32)13-21-20-12-19(18-6-4-3-5-7-18)8-9-22(20)31-27(21)35/h3-13,15,25H,14H2,1-2H3,(H2,29,34)(H,31,35)(H,36,37). The number of carbonyl (C=O) groups excluding carboxylic acids is 2. The summed E-state index contributed by atoms with van der Waals surface area (Å²) in [6.45, 7) is 3.38. The van der Waals surface area contributed by atoms with Crippen LogP contribution in [0.15, 0.2) is 67.3 Å². The molecule has 0 aliphatic carbocycles. The molecule has 186 valence electrons. The number of aromatic nitrogens is 3. The molecule has 9 nitrogen and oxygen atoms in total. The van der Waals surface area contributed by atoms with Crippen LogP contribution >= 0.6 is 0 Å². The van der Waals surface area contributed by atoms with Crippen LogP contribution < -0.4 is 11.1 Å². The Bertz CT molecular complexity index is 1570. The molecule has 2 aromatic carbocycles. The van der Waals surface area contributed by atoms with Gasteiger partial charge in [0.15, 0.2) is 0 Å². The van der Waals surface area contributed by atoms with Crippen LogP contribution in [-0.4, -0.2) is 37.0 Å². The number of primary amides is 1. The van der Waals surface area contributed by atoms with Crippen LogP contribution in [0.25, 0.3) is 22.8 Å². The molecule has 2 aromatic heterocycles. The molecule has 2 amide bonds. The van der Waals surface area contributed by atoms with E-state index >= 15 is 0 Å². The lowest BCUT2D eigenvalue weighted by Gasteiger charge is -2.23. The molecule has 4 aromatic rings. The zero-order valence-corrected chi connectivity index (χ0v) is 20.3. The fraction of sp³-hybridized carbons (Fsp3) is 0.143. The fourth-order valence-electron chi connectivity index (χ4n) is 4.99. The zero-order chi connectivity index (χ0) is 26.3. The number of carbonyl (C=O) groups is 3. The SMILES string of the molecule is Cc1c(C(=O)O)c(C)n(C(CC(N)=O)n2ccnc2)c1C=C1C(=O)Nc2ccc(-c3ccccc3)cc21. The first-order valence-electron chi connectivity index (χ1n) is 11.7. The lowest BCUT2D eigenvalue weighted by atomic mass is 9.98. The molecule has 0 spiro atoms. The highest BCUT2D eigenvalue weighted by molar-refractivity contribution is 6.35. The second kappa shape index (κ2) is 9.27. The average molecular weight is 496 g/mol. The summed E-state index contributed by atoms with van der Waals surface area (Å²) in [6, 6.07) is 15.6. The number of imidazole rings is 1. The van der Waals surface area contributed by atoms with E-state index in [0.717, 1.165) is 11.1 Å². The molecule has 0 saturated heterocycles. The Hall–Kier alpha value is -4.92. The number of aromatic carboxylic acids is 1. The third kappa shape index (κ3) is 4.20. The van der Waals surface area contributed by atoms with Crippen molar-refractivity contribution < 1.29 is 19.5 Å². The molecular formula is C28H25N5O4. The summed E-state index contributed by atoms with van der Waals surface area (Å²) >= 11 is 0. The number of nitrogens with two attached hydrogens (primary N) is 1. The van der Waals surface area contributed by atoms with E-state index in [0.29, 0.717) is 33.8 Å². The summed E-state index contributed by atoms with van der Waals surface area (Å²) in [5.74, 6) is -1.95. The number of nitrogens with one attached hydrogen (secondary N) is 1. The second-order valence-corrected chi connectivity index (χ2v) is 8.95. The minimum atomic E-state index is -1.10. The molecule has 1 aliphatic rings. The van der Waals surface area contributed by atoms with Gasteiger partial charge in [0.2, 0.25) is 5.91 Å².